The number of hydrogen-bond donors (Lipinski definition) is 0. The predicted molar refractivity (Wildman–Crippen MR) is 210 cm³/mol. The highest BCUT2D eigenvalue weighted by atomic mass is 14.8. The van der Waals surface area contributed by atoms with Crippen LogP contribution >= 0.6 is 0 Å². The fourth-order valence-corrected chi connectivity index (χ4v) is 17.9. The molecule has 0 radical (unpaired) electrons. The summed E-state index contributed by atoms with van der Waals surface area (Å²) in [6, 6.07) is 0. The summed E-state index contributed by atoms with van der Waals surface area (Å²) in [6.07, 6.45) is 32.8. The topological polar surface area (TPSA) is 0 Å². The van der Waals surface area contributed by atoms with Crippen molar-refractivity contribution in [1.29, 1.82) is 0 Å². The van der Waals surface area contributed by atoms with Crippen LogP contribution in [0.25, 0.3) is 0 Å². The van der Waals surface area contributed by atoms with E-state index in [-0.39, 0.29) is 0 Å². The zero-order valence-electron chi connectivity index (χ0n) is 34.5. The minimum Gasteiger partial charge on any atom is -0.0649 e. The molecule has 0 aliphatic heterocycles. The Balaban J connectivity index is 1.24. The third-order valence-corrected chi connectivity index (χ3v) is 21.3. The Morgan fingerprint density at radius 3 is 1.59 bits per heavy atom. The average Bonchev–Trinajstić information content (AvgIpc) is 3.63. The largest absolute Gasteiger partial charge is 0.0649 e. The molecular weight excluding hydrogens is 589 g/mol. The summed E-state index contributed by atoms with van der Waals surface area (Å²) in [5, 5.41) is 0. The molecule has 0 nitrogen and oxygen atoms in total. The lowest BCUT2D eigenvalue weighted by molar-refractivity contribution is -0.0933. The summed E-state index contributed by atoms with van der Waals surface area (Å²) in [4.78, 5) is 0. The Labute approximate surface area is 306 Å². The van der Waals surface area contributed by atoms with E-state index in [1.165, 1.54) is 25.7 Å². The molecule has 0 bridgehead atoms. The second kappa shape index (κ2) is 13.1. The van der Waals surface area contributed by atoms with E-state index < -0.39 is 0 Å². The van der Waals surface area contributed by atoms with Gasteiger partial charge in [-0.25, -0.2) is 0 Å². The Morgan fingerprint density at radius 1 is 0.429 bits per heavy atom. The number of fused-ring (bicyclic) bond motifs is 13. The normalized spacial score (nSPS) is 49.8. The predicted octanol–water partition coefficient (Wildman–Crippen LogP) is 14.7. The van der Waals surface area contributed by atoms with Crippen LogP contribution < -0.4 is 0 Å². The third-order valence-electron chi connectivity index (χ3n) is 21.3. The molecule has 15 unspecified atom stereocenters. The standard InChI is InChI=1S/C49H84/c1-10-47(8,11-2)36-28-37(48(9,12-3)13-4)30-49(29-36)40-24-20-32-27-35(46(5,6)7)22-23-39(32)44(40)45-41(49)25-21-34-26-33-19-18-31-16-14-15-17-38(31)42(33)43(34)45/h31-45H,10-30H2,1-9H3. The summed E-state index contributed by atoms with van der Waals surface area (Å²) >= 11 is 0. The van der Waals surface area contributed by atoms with Gasteiger partial charge in [0, 0.05) is 0 Å². The SMILES string of the molecule is CCC(C)(CC)C1CC(C(C)(CC)CC)CC2(C1)C1CCC3CC(C(C)(C)C)CCC3C1C1C3C(CCC12)CC1CCC2CCCCC2C13. The van der Waals surface area contributed by atoms with Crippen molar-refractivity contribution in [1.82, 2.24) is 0 Å². The maximum Gasteiger partial charge on any atom is -0.0230 e. The van der Waals surface area contributed by atoms with Crippen molar-refractivity contribution >= 4 is 0 Å². The van der Waals surface area contributed by atoms with Crippen molar-refractivity contribution in [3.8, 4) is 0 Å². The summed E-state index contributed by atoms with van der Waals surface area (Å²) in [6.45, 7) is 23.6. The molecule has 8 fully saturated rings. The summed E-state index contributed by atoms with van der Waals surface area (Å²) in [5.74, 6) is 15.9. The molecule has 0 aromatic rings. The Kier molecular flexibility index (Phi) is 9.62. The van der Waals surface area contributed by atoms with Crippen LogP contribution in [0.3, 0.4) is 0 Å². The van der Waals surface area contributed by atoms with Gasteiger partial charge < -0.3 is 0 Å². The minimum atomic E-state index is 0.493. The molecule has 0 amide bonds. The fraction of sp³-hybridized carbons (Fsp3) is 1.00. The van der Waals surface area contributed by atoms with E-state index in [4.69, 9.17) is 0 Å². The molecule has 15 atom stereocenters. The minimum absolute atomic E-state index is 0.493. The van der Waals surface area contributed by atoms with Gasteiger partial charge in [0.2, 0.25) is 0 Å². The molecule has 8 saturated carbocycles. The lowest BCUT2D eigenvalue weighted by Gasteiger charge is -2.59. The van der Waals surface area contributed by atoms with Gasteiger partial charge in [0.25, 0.3) is 0 Å². The Bertz CT molecular complexity index is 1120. The molecule has 0 heterocycles. The third kappa shape index (κ3) is 5.57. The smallest absolute Gasteiger partial charge is 0.0230 e. The molecule has 1 spiro atoms. The monoisotopic (exact) mass is 673 g/mol. The first-order valence-corrected chi connectivity index (χ1v) is 23.4. The maximum atomic E-state index is 2.77. The van der Waals surface area contributed by atoms with Crippen LogP contribution in [0.5, 0.6) is 0 Å². The van der Waals surface area contributed by atoms with Crippen molar-refractivity contribution in [2.75, 3.05) is 0 Å². The second-order valence-corrected chi connectivity index (χ2v) is 23.0. The van der Waals surface area contributed by atoms with Crippen LogP contribution in [0.2, 0.25) is 0 Å². The molecule has 8 aliphatic rings. The van der Waals surface area contributed by atoms with Crippen LogP contribution in [-0.2, 0) is 0 Å². The number of hydrogen-bond acceptors (Lipinski definition) is 0. The molecule has 0 heteroatoms. The van der Waals surface area contributed by atoms with E-state index >= 15 is 0 Å². The van der Waals surface area contributed by atoms with Crippen LogP contribution in [0.4, 0.5) is 0 Å². The molecule has 8 rings (SSSR count). The maximum absolute atomic E-state index is 2.77. The molecule has 0 aromatic carbocycles. The van der Waals surface area contributed by atoms with Gasteiger partial charge in [-0.15, -0.1) is 0 Å². The van der Waals surface area contributed by atoms with E-state index in [0.717, 1.165) is 88.8 Å². The highest BCUT2D eigenvalue weighted by molar-refractivity contribution is 5.19. The molecule has 0 N–H and O–H groups in total. The van der Waals surface area contributed by atoms with Crippen LogP contribution in [0.15, 0.2) is 0 Å². The van der Waals surface area contributed by atoms with Crippen LogP contribution in [0, 0.1) is 110 Å². The second-order valence-electron chi connectivity index (χ2n) is 23.0. The van der Waals surface area contributed by atoms with Gasteiger partial charge in [-0.2, -0.15) is 0 Å². The van der Waals surface area contributed by atoms with Gasteiger partial charge >= 0.3 is 0 Å². The van der Waals surface area contributed by atoms with E-state index in [1.54, 1.807) is 109 Å². The first-order chi connectivity index (χ1) is 23.4. The summed E-state index contributed by atoms with van der Waals surface area (Å²) in [5.41, 5.74) is 2.19. The average molecular weight is 673 g/mol. The molecule has 0 saturated heterocycles. The van der Waals surface area contributed by atoms with Crippen molar-refractivity contribution in [3.63, 3.8) is 0 Å². The van der Waals surface area contributed by atoms with Crippen LogP contribution in [0.1, 0.15) is 197 Å². The quantitative estimate of drug-likeness (QED) is 0.263. The zero-order chi connectivity index (χ0) is 34.5. The Hall–Kier alpha value is 0. The highest BCUT2D eigenvalue weighted by Crippen LogP contribution is 2.77. The van der Waals surface area contributed by atoms with Gasteiger partial charge in [0.1, 0.15) is 0 Å². The van der Waals surface area contributed by atoms with Crippen molar-refractivity contribution in [2.24, 2.45) is 110 Å². The lowest BCUT2D eigenvalue weighted by Crippen LogP contribution is -2.50. The van der Waals surface area contributed by atoms with Crippen molar-refractivity contribution in [2.45, 2.75) is 197 Å². The fourth-order valence-electron chi connectivity index (χ4n) is 17.9. The van der Waals surface area contributed by atoms with Gasteiger partial charge in [0.15, 0.2) is 0 Å². The molecular formula is C49H84. The first-order valence-electron chi connectivity index (χ1n) is 23.4. The molecule has 49 heavy (non-hydrogen) atoms. The molecule has 8 aliphatic carbocycles. The molecule has 280 valence electrons. The lowest BCUT2D eigenvalue weighted by atomic mass is 9.46. The zero-order valence-corrected chi connectivity index (χ0v) is 34.5. The van der Waals surface area contributed by atoms with Gasteiger partial charge in [0.05, 0.1) is 0 Å². The van der Waals surface area contributed by atoms with E-state index in [1.807, 2.05) is 0 Å². The van der Waals surface area contributed by atoms with E-state index in [9.17, 15) is 0 Å². The van der Waals surface area contributed by atoms with Crippen molar-refractivity contribution in [3.05, 3.63) is 0 Å². The van der Waals surface area contributed by atoms with Crippen LogP contribution in [-0.4, -0.2) is 0 Å². The van der Waals surface area contributed by atoms with Gasteiger partial charge in [-0.1, -0.05) is 107 Å². The highest BCUT2D eigenvalue weighted by Gasteiger charge is 2.71. The van der Waals surface area contributed by atoms with Crippen molar-refractivity contribution < 1.29 is 0 Å². The summed E-state index contributed by atoms with van der Waals surface area (Å²) < 4.78 is 0. The van der Waals surface area contributed by atoms with Gasteiger partial charge in [-0.3, -0.25) is 0 Å². The number of rotatable bonds is 6. The van der Waals surface area contributed by atoms with Gasteiger partial charge in [-0.05, 0) is 200 Å². The molecule has 0 aromatic heterocycles. The van der Waals surface area contributed by atoms with E-state index in [0.29, 0.717) is 21.7 Å². The Morgan fingerprint density at radius 2 is 0.959 bits per heavy atom. The van der Waals surface area contributed by atoms with E-state index in [2.05, 4.69) is 62.3 Å². The first kappa shape index (κ1) is 36.0. The summed E-state index contributed by atoms with van der Waals surface area (Å²) in [7, 11) is 0.